The lowest BCUT2D eigenvalue weighted by Gasteiger charge is -2.34. The number of hydrogen-bond acceptors (Lipinski definition) is 5. The Labute approximate surface area is 144 Å². The topological polar surface area (TPSA) is 44.3 Å². The second-order valence-electron chi connectivity index (χ2n) is 5.96. The first-order valence-electron chi connectivity index (χ1n) is 8.21. The number of nitrogens with one attached hydrogen (secondary N) is 1. The Bertz CT molecular complexity index is 760. The first-order chi connectivity index (χ1) is 12.0. The molecule has 3 rings (SSSR count). The summed E-state index contributed by atoms with van der Waals surface area (Å²) in [7, 11) is 0. The second kappa shape index (κ2) is 7.26. The minimum absolute atomic E-state index is 0.151. The molecule has 0 bridgehead atoms. The van der Waals surface area contributed by atoms with Gasteiger partial charge in [-0.3, -0.25) is 0 Å². The molecular weight excluding hydrogens is 331 g/mol. The molecule has 1 N–H and O–H groups in total. The third kappa shape index (κ3) is 3.84. The van der Waals surface area contributed by atoms with Gasteiger partial charge in [0.15, 0.2) is 17.5 Å². The Morgan fingerprint density at radius 3 is 2.44 bits per heavy atom. The van der Waals surface area contributed by atoms with Crippen LogP contribution in [0, 0.1) is 24.4 Å². The Morgan fingerprint density at radius 2 is 1.76 bits per heavy atom. The van der Waals surface area contributed by atoms with Gasteiger partial charge in [0.1, 0.15) is 5.82 Å². The van der Waals surface area contributed by atoms with Crippen LogP contribution in [0.25, 0.3) is 0 Å². The Morgan fingerprint density at radius 1 is 1.04 bits per heavy atom. The summed E-state index contributed by atoms with van der Waals surface area (Å²) in [5.74, 6) is -3.16. The monoisotopic (exact) mass is 351 g/mol. The average molecular weight is 351 g/mol. The van der Waals surface area contributed by atoms with Crippen molar-refractivity contribution in [1.82, 2.24) is 14.9 Å². The highest BCUT2D eigenvalue weighted by Gasteiger charge is 2.19. The Hall–Kier alpha value is -2.35. The minimum Gasteiger partial charge on any atom is -0.354 e. The zero-order valence-electron chi connectivity index (χ0n) is 14.2. The number of likely N-dealkylation sites (N-methyl/N-ethyl adjacent to an activating group) is 1. The molecule has 134 valence electrons. The van der Waals surface area contributed by atoms with E-state index in [4.69, 9.17) is 0 Å². The van der Waals surface area contributed by atoms with E-state index in [-0.39, 0.29) is 11.6 Å². The van der Waals surface area contributed by atoms with Gasteiger partial charge in [0.2, 0.25) is 5.95 Å². The lowest BCUT2D eigenvalue weighted by atomic mass is 10.3. The van der Waals surface area contributed by atoms with Gasteiger partial charge in [-0.1, -0.05) is 6.92 Å². The number of benzene rings is 1. The average Bonchev–Trinajstić information content (AvgIpc) is 2.62. The van der Waals surface area contributed by atoms with E-state index in [9.17, 15) is 13.2 Å². The van der Waals surface area contributed by atoms with Crippen LogP contribution in [0.4, 0.5) is 30.6 Å². The number of piperazine rings is 1. The van der Waals surface area contributed by atoms with Gasteiger partial charge in [0, 0.05) is 37.9 Å². The standard InChI is InChI=1S/C17H20F3N5/c1-3-24-6-8-25(9-7-24)14-10-11(2)21-17(23-14)22-13-5-4-12(18)15(19)16(13)20/h4-5,10H,3,6-9H2,1-2H3,(H,21,22,23). The Balaban J connectivity index is 1.82. The first-order valence-corrected chi connectivity index (χ1v) is 8.21. The van der Waals surface area contributed by atoms with Gasteiger partial charge in [-0.2, -0.15) is 4.98 Å². The smallest absolute Gasteiger partial charge is 0.229 e. The zero-order valence-corrected chi connectivity index (χ0v) is 14.2. The van der Waals surface area contributed by atoms with E-state index < -0.39 is 17.5 Å². The molecule has 2 aromatic rings. The molecular formula is C17H20F3N5. The maximum Gasteiger partial charge on any atom is 0.229 e. The molecule has 1 aromatic heterocycles. The number of hydrogen-bond donors (Lipinski definition) is 1. The van der Waals surface area contributed by atoms with E-state index in [1.807, 2.05) is 6.07 Å². The van der Waals surface area contributed by atoms with Gasteiger partial charge >= 0.3 is 0 Å². The van der Waals surface area contributed by atoms with Gasteiger partial charge in [-0.05, 0) is 25.6 Å². The van der Waals surface area contributed by atoms with Crippen molar-refractivity contribution in [3.05, 3.63) is 41.3 Å². The number of aromatic nitrogens is 2. The molecule has 1 fully saturated rings. The molecule has 5 nitrogen and oxygen atoms in total. The summed E-state index contributed by atoms with van der Waals surface area (Å²) >= 11 is 0. The summed E-state index contributed by atoms with van der Waals surface area (Å²) in [4.78, 5) is 13.1. The largest absolute Gasteiger partial charge is 0.354 e. The molecule has 0 amide bonds. The predicted molar refractivity (Wildman–Crippen MR) is 90.7 cm³/mol. The summed E-state index contributed by atoms with van der Waals surface area (Å²) in [6, 6.07) is 3.84. The molecule has 25 heavy (non-hydrogen) atoms. The summed E-state index contributed by atoms with van der Waals surface area (Å²) in [5.41, 5.74) is 0.500. The quantitative estimate of drug-likeness (QED) is 0.858. The van der Waals surface area contributed by atoms with E-state index in [2.05, 4.69) is 32.0 Å². The maximum atomic E-state index is 13.8. The third-order valence-electron chi connectivity index (χ3n) is 4.27. The van der Waals surface area contributed by atoms with Gasteiger partial charge in [0.05, 0.1) is 5.69 Å². The molecule has 2 heterocycles. The van der Waals surface area contributed by atoms with E-state index in [0.29, 0.717) is 5.69 Å². The van der Waals surface area contributed by atoms with Crippen molar-refractivity contribution in [2.75, 3.05) is 42.9 Å². The number of rotatable bonds is 4. The fraction of sp³-hybridized carbons (Fsp3) is 0.412. The van der Waals surface area contributed by atoms with E-state index in [1.54, 1.807) is 6.92 Å². The Kier molecular flexibility index (Phi) is 5.08. The summed E-state index contributed by atoms with van der Waals surface area (Å²) in [6.07, 6.45) is 0. The fourth-order valence-electron chi connectivity index (χ4n) is 2.81. The lowest BCUT2D eigenvalue weighted by Crippen LogP contribution is -2.46. The number of nitrogens with zero attached hydrogens (tertiary/aromatic N) is 4. The van der Waals surface area contributed by atoms with Gasteiger partial charge in [-0.15, -0.1) is 0 Å². The van der Waals surface area contributed by atoms with Crippen molar-refractivity contribution in [1.29, 1.82) is 0 Å². The van der Waals surface area contributed by atoms with Crippen LogP contribution < -0.4 is 10.2 Å². The van der Waals surface area contributed by atoms with Crippen LogP contribution in [0.5, 0.6) is 0 Å². The van der Waals surface area contributed by atoms with Crippen molar-refractivity contribution in [2.45, 2.75) is 13.8 Å². The molecule has 1 saturated heterocycles. The van der Waals surface area contributed by atoms with Crippen LogP contribution in [-0.4, -0.2) is 47.6 Å². The first kappa shape index (κ1) is 17.5. The van der Waals surface area contributed by atoms with Crippen molar-refractivity contribution >= 4 is 17.5 Å². The van der Waals surface area contributed by atoms with Crippen LogP contribution in [0.1, 0.15) is 12.6 Å². The molecule has 0 atom stereocenters. The summed E-state index contributed by atoms with van der Waals surface area (Å²) in [6.45, 7) is 8.51. The fourth-order valence-corrected chi connectivity index (χ4v) is 2.81. The lowest BCUT2D eigenvalue weighted by molar-refractivity contribution is 0.270. The highest BCUT2D eigenvalue weighted by atomic mass is 19.2. The van der Waals surface area contributed by atoms with Gasteiger partial charge in [0.25, 0.3) is 0 Å². The molecule has 1 aliphatic rings. The molecule has 0 spiro atoms. The molecule has 8 heteroatoms. The van der Waals surface area contributed by atoms with Crippen LogP contribution in [0.2, 0.25) is 0 Å². The second-order valence-corrected chi connectivity index (χ2v) is 5.96. The van der Waals surface area contributed by atoms with Crippen LogP contribution in [0.15, 0.2) is 18.2 Å². The summed E-state index contributed by atoms with van der Waals surface area (Å²) < 4.78 is 40.3. The van der Waals surface area contributed by atoms with Gasteiger partial charge < -0.3 is 15.1 Å². The van der Waals surface area contributed by atoms with Crippen LogP contribution in [0.3, 0.4) is 0 Å². The molecule has 0 saturated carbocycles. The van der Waals surface area contributed by atoms with Crippen molar-refractivity contribution < 1.29 is 13.2 Å². The maximum absolute atomic E-state index is 13.8. The van der Waals surface area contributed by atoms with Crippen LogP contribution >= 0.6 is 0 Å². The normalized spacial score (nSPS) is 15.5. The van der Waals surface area contributed by atoms with Crippen LogP contribution in [-0.2, 0) is 0 Å². The SMILES string of the molecule is CCN1CCN(c2cc(C)nc(Nc3ccc(F)c(F)c3F)n2)CC1. The zero-order chi connectivity index (χ0) is 18.0. The van der Waals surface area contributed by atoms with Crippen molar-refractivity contribution in [3.8, 4) is 0 Å². The van der Waals surface area contributed by atoms with E-state index in [0.717, 1.165) is 50.7 Å². The third-order valence-corrected chi connectivity index (χ3v) is 4.27. The number of aryl methyl sites for hydroxylation is 1. The summed E-state index contributed by atoms with van der Waals surface area (Å²) in [5, 5.41) is 2.64. The minimum atomic E-state index is -1.52. The molecule has 1 aromatic carbocycles. The number of anilines is 3. The molecule has 0 radical (unpaired) electrons. The van der Waals surface area contributed by atoms with E-state index in [1.165, 1.54) is 0 Å². The molecule has 0 aliphatic carbocycles. The highest BCUT2D eigenvalue weighted by Crippen LogP contribution is 2.24. The molecule has 0 unspecified atom stereocenters. The van der Waals surface area contributed by atoms with Crippen molar-refractivity contribution in [2.24, 2.45) is 0 Å². The number of halogens is 3. The van der Waals surface area contributed by atoms with Crippen molar-refractivity contribution in [3.63, 3.8) is 0 Å². The predicted octanol–water partition coefficient (Wildman–Crippen LogP) is 3.09. The highest BCUT2D eigenvalue weighted by molar-refractivity contribution is 5.56. The van der Waals surface area contributed by atoms with Gasteiger partial charge in [-0.25, -0.2) is 18.2 Å². The molecule has 1 aliphatic heterocycles. The van der Waals surface area contributed by atoms with E-state index >= 15 is 0 Å².